The molecule has 2 aromatic carbocycles. The number of hydrogen-bond donors (Lipinski definition) is 0. The summed E-state index contributed by atoms with van der Waals surface area (Å²) in [7, 11) is 0. The van der Waals surface area contributed by atoms with Crippen molar-refractivity contribution in [3.05, 3.63) is 89.0 Å². The van der Waals surface area contributed by atoms with Crippen molar-refractivity contribution >= 4 is 5.91 Å². The average Bonchev–Trinajstić information content (AvgIpc) is 3.18. The van der Waals surface area contributed by atoms with Crippen LogP contribution in [0, 0.1) is 12.7 Å². The first kappa shape index (κ1) is 22.2. The summed E-state index contributed by atoms with van der Waals surface area (Å²) >= 11 is 0. The van der Waals surface area contributed by atoms with Gasteiger partial charge in [-0.05, 0) is 57.0 Å². The molecule has 1 saturated heterocycles. The number of carbonyl (C=O) groups is 1. The number of rotatable bonds is 4. The van der Waals surface area contributed by atoms with E-state index >= 15 is 0 Å². The zero-order valence-corrected chi connectivity index (χ0v) is 19.3. The molecule has 3 aromatic rings. The van der Waals surface area contributed by atoms with Crippen molar-refractivity contribution in [1.29, 1.82) is 0 Å². The van der Waals surface area contributed by atoms with E-state index in [-0.39, 0.29) is 23.3 Å². The molecule has 0 N–H and O–H groups in total. The Bertz CT molecular complexity index is 1060. The smallest absolute Gasteiger partial charge is 0.272 e. The highest BCUT2D eigenvalue weighted by atomic mass is 19.1. The topological polar surface area (TPSA) is 41.4 Å². The maximum atomic E-state index is 13.5. The van der Waals surface area contributed by atoms with Crippen molar-refractivity contribution in [3.8, 4) is 0 Å². The summed E-state index contributed by atoms with van der Waals surface area (Å²) < 4.78 is 15.4. The van der Waals surface area contributed by atoms with Crippen molar-refractivity contribution < 1.29 is 9.18 Å². The van der Waals surface area contributed by atoms with Crippen LogP contribution in [0.4, 0.5) is 4.39 Å². The molecule has 1 aliphatic rings. The van der Waals surface area contributed by atoms with E-state index in [0.717, 1.165) is 24.3 Å². The van der Waals surface area contributed by atoms with Crippen LogP contribution in [0.5, 0.6) is 0 Å². The van der Waals surface area contributed by atoms with E-state index in [1.165, 1.54) is 17.7 Å². The predicted octanol–water partition coefficient (Wildman–Crippen LogP) is 4.63. The van der Waals surface area contributed by atoms with Crippen LogP contribution < -0.4 is 0 Å². The number of aryl methyl sites for hydroxylation is 1. The summed E-state index contributed by atoms with van der Waals surface area (Å²) in [6.45, 7) is 10.8. The summed E-state index contributed by atoms with van der Waals surface area (Å²) in [5.74, 6) is -0.208. The second-order valence-electron chi connectivity index (χ2n) is 9.45. The monoisotopic (exact) mass is 434 g/mol. The molecule has 0 unspecified atom stereocenters. The first-order valence-electron chi connectivity index (χ1n) is 11.1. The minimum absolute atomic E-state index is 0.0244. The molecule has 6 heteroatoms. The third kappa shape index (κ3) is 4.60. The average molecular weight is 435 g/mol. The van der Waals surface area contributed by atoms with Gasteiger partial charge in [0.2, 0.25) is 0 Å². The summed E-state index contributed by atoms with van der Waals surface area (Å²) in [6, 6.07) is 18.9. The van der Waals surface area contributed by atoms with E-state index < -0.39 is 0 Å². The molecule has 0 spiro atoms. The second-order valence-corrected chi connectivity index (χ2v) is 9.45. The van der Waals surface area contributed by atoms with Gasteiger partial charge in [0, 0.05) is 26.2 Å². The SMILES string of the molecule is Cc1cc(C(=O)N2CCN([C@@H](c3ccccc3)c3ccc(F)cc3)CC2)n(C(C)(C)C)n1. The Morgan fingerprint density at radius 3 is 2.12 bits per heavy atom. The third-order valence-corrected chi connectivity index (χ3v) is 5.95. The van der Waals surface area contributed by atoms with Crippen LogP contribution in [0.25, 0.3) is 0 Å². The number of piperazine rings is 1. The number of nitrogens with zero attached hydrogens (tertiary/aromatic N) is 4. The Kier molecular flexibility index (Phi) is 6.15. The Hall–Kier alpha value is -2.99. The van der Waals surface area contributed by atoms with Crippen LogP contribution in [0.2, 0.25) is 0 Å². The molecule has 2 heterocycles. The molecule has 1 aromatic heterocycles. The fraction of sp³-hybridized carbons (Fsp3) is 0.385. The first-order chi connectivity index (χ1) is 15.2. The van der Waals surface area contributed by atoms with E-state index in [2.05, 4.69) is 42.9 Å². The quantitative estimate of drug-likeness (QED) is 0.601. The Morgan fingerprint density at radius 2 is 1.53 bits per heavy atom. The Balaban J connectivity index is 1.54. The van der Waals surface area contributed by atoms with Gasteiger partial charge >= 0.3 is 0 Å². The summed E-state index contributed by atoms with van der Waals surface area (Å²) in [4.78, 5) is 17.6. The zero-order valence-electron chi connectivity index (χ0n) is 19.3. The van der Waals surface area contributed by atoms with Crippen LogP contribution in [0.15, 0.2) is 60.7 Å². The maximum absolute atomic E-state index is 13.5. The number of aromatic nitrogens is 2. The van der Waals surface area contributed by atoms with Gasteiger partial charge in [0.15, 0.2) is 0 Å². The fourth-order valence-electron chi connectivity index (χ4n) is 4.40. The molecule has 5 nitrogen and oxygen atoms in total. The highest BCUT2D eigenvalue weighted by Gasteiger charge is 2.31. The van der Waals surface area contributed by atoms with E-state index in [1.54, 1.807) is 0 Å². The van der Waals surface area contributed by atoms with E-state index in [1.807, 2.05) is 52.9 Å². The molecule has 32 heavy (non-hydrogen) atoms. The third-order valence-electron chi connectivity index (χ3n) is 5.95. The van der Waals surface area contributed by atoms with Crippen LogP contribution in [0.3, 0.4) is 0 Å². The van der Waals surface area contributed by atoms with Gasteiger partial charge in [-0.2, -0.15) is 5.10 Å². The Morgan fingerprint density at radius 1 is 0.938 bits per heavy atom. The van der Waals surface area contributed by atoms with Gasteiger partial charge in [0.1, 0.15) is 11.5 Å². The highest BCUT2D eigenvalue weighted by molar-refractivity contribution is 5.93. The molecular formula is C26H31FN4O. The Labute approximate surface area is 189 Å². The lowest BCUT2D eigenvalue weighted by molar-refractivity contribution is 0.0578. The van der Waals surface area contributed by atoms with Crippen LogP contribution in [-0.2, 0) is 5.54 Å². The minimum atomic E-state index is -0.262. The summed E-state index contributed by atoms with van der Waals surface area (Å²) in [5.41, 5.74) is 3.45. The molecule has 0 bridgehead atoms. The van der Waals surface area contributed by atoms with E-state index in [0.29, 0.717) is 18.8 Å². The number of benzene rings is 2. The lowest BCUT2D eigenvalue weighted by atomic mass is 9.96. The van der Waals surface area contributed by atoms with Crippen molar-refractivity contribution in [1.82, 2.24) is 19.6 Å². The predicted molar refractivity (Wildman–Crippen MR) is 124 cm³/mol. The van der Waals surface area contributed by atoms with Crippen LogP contribution in [-0.4, -0.2) is 51.7 Å². The molecule has 168 valence electrons. The molecule has 4 rings (SSSR count). The molecule has 1 aliphatic heterocycles. The van der Waals surface area contributed by atoms with Crippen molar-refractivity contribution in [3.63, 3.8) is 0 Å². The van der Waals surface area contributed by atoms with Gasteiger partial charge in [-0.3, -0.25) is 14.4 Å². The number of hydrogen-bond acceptors (Lipinski definition) is 3. The highest BCUT2D eigenvalue weighted by Crippen LogP contribution is 2.30. The lowest BCUT2D eigenvalue weighted by Gasteiger charge is -2.40. The summed E-state index contributed by atoms with van der Waals surface area (Å²) in [6.07, 6.45) is 0. The van der Waals surface area contributed by atoms with E-state index in [4.69, 9.17) is 0 Å². The first-order valence-corrected chi connectivity index (χ1v) is 11.1. The summed E-state index contributed by atoms with van der Waals surface area (Å²) in [5, 5.41) is 4.56. The molecule has 1 fully saturated rings. The molecule has 0 radical (unpaired) electrons. The molecule has 0 aliphatic carbocycles. The van der Waals surface area contributed by atoms with Gasteiger partial charge < -0.3 is 4.90 Å². The molecular weight excluding hydrogens is 403 g/mol. The zero-order chi connectivity index (χ0) is 22.9. The van der Waals surface area contributed by atoms with Crippen LogP contribution >= 0.6 is 0 Å². The number of halogens is 1. The molecule has 0 saturated carbocycles. The number of amides is 1. The lowest BCUT2D eigenvalue weighted by Crippen LogP contribution is -2.50. The van der Waals surface area contributed by atoms with Gasteiger partial charge in [0.05, 0.1) is 17.3 Å². The van der Waals surface area contributed by atoms with Gasteiger partial charge in [0.25, 0.3) is 5.91 Å². The fourth-order valence-corrected chi connectivity index (χ4v) is 4.40. The van der Waals surface area contributed by atoms with Crippen molar-refractivity contribution in [2.24, 2.45) is 0 Å². The van der Waals surface area contributed by atoms with Crippen molar-refractivity contribution in [2.45, 2.75) is 39.3 Å². The second kappa shape index (κ2) is 8.87. The number of carbonyl (C=O) groups excluding carboxylic acids is 1. The van der Waals surface area contributed by atoms with E-state index in [9.17, 15) is 9.18 Å². The van der Waals surface area contributed by atoms with Gasteiger partial charge in [-0.1, -0.05) is 42.5 Å². The van der Waals surface area contributed by atoms with Crippen molar-refractivity contribution in [2.75, 3.05) is 26.2 Å². The van der Waals surface area contributed by atoms with Crippen LogP contribution in [0.1, 0.15) is 54.1 Å². The largest absolute Gasteiger partial charge is 0.335 e. The molecule has 1 amide bonds. The maximum Gasteiger partial charge on any atom is 0.272 e. The normalized spacial score (nSPS) is 16.2. The molecule has 1 atom stereocenters. The van der Waals surface area contributed by atoms with Gasteiger partial charge in [-0.15, -0.1) is 0 Å². The minimum Gasteiger partial charge on any atom is -0.335 e. The standard InChI is InChI=1S/C26H31FN4O/c1-19-18-23(31(28-19)26(2,3)4)25(32)30-16-14-29(15-17-30)24(20-8-6-5-7-9-20)21-10-12-22(27)13-11-21/h5-13,18,24H,14-17H2,1-4H3/t24-/m0/s1. The van der Waals surface area contributed by atoms with Gasteiger partial charge in [-0.25, -0.2) is 4.39 Å².